The molecule has 116 valence electrons. The second kappa shape index (κ2) is 6.25. The Morgan fingerprint density at radius 3 is 2.59 bits per heavy atom. The Morgan fingerprint density at radius 2 is 1.77 bits per heavy atom. The summed E-state index contributed by atoms with van der Waals surface area (Å²) in [6.45, 7) is 4.73. The minimum absolute atomic E-state index is 0.334. The average molecular weight is 304 g/mol. The molecule has 4 nitrogen and oxygen atoms in total. The average Bonchev–Trinajstić information content (AvgIpc) is 2.76. The van der Waals surface area contributed by atoms with Crippen molar-refractivity contribution < 1.29 is 8.78 Å². The molecule has 1 fully saturated rings. The number of hydrogen-bond donors (Lipinski definition) is 0. The maximum Gasteiger partial charge on any atom is 0.182 e. The highest BCUT2D eigenvalue weighted by molar-refractivity contribution is 5.49. The van der Waals surface area contributed by atoms with E-state index in [1.807, 2.05) is 17.9 Å². The number of rotatable bonds is 2. The van der Waals surface area contributed by atoms with Crippen LogP contribution in [0.2, 0.25) is 0 Å². The lowest BCUT2D eigenvalue weighted by molar-refractivity contribution is 0.506. The summed E-state index contributed by atoms with van der Waals surface area (Å²) in [6, 6.07) is 6.20. The molecule has 3 rings (SSSR count). The Balaban J connectivity index is 1.76. The monoisotopic (exact) mass is 304 g/mol. The van der Waals surface area contributed by atoms with Crippen LogP contribution in [0, 0.1) is 18.6 Å². The third-order valence-electron chi connectivity index (χ3n) is 3.85. The number of aryl methyl sites for hydroxylation is 1. The molecule has 1 saturated heterocycles. The molecule has 0 radical (unpaired) electrons. The van der Waals surface area contributed by atoms with Crippen molar-refractivity contribution in [2.45, 2.75) is 13.3 Å². The standard InChI is InChI=1S/C16H18F2N4/c1-12-19-7-6-15(20-12)22-9-3-8-21(10-11-22)14-5-2-4-13(17)16(14)18/h2,4-7H,3,8-11H2,1H3. The van der Waals surface area contributed by atoms with Gasteiger partial charge in [-0.25, -0.2) is 18.7 Å². The first kappa shape index (κ1) is 14.7. The van der Waals surface area contributed by atoms with Gasteiger partial charge in [-0.3, -0.25) is 0 Å². The molecule has 0 aliphatic carbocycles. The van der Waals surface area contributed by atoms with Crippen molar-refractivity contribution in [2.75, 3.05) is 36.0 Å². The third-order valence-corrected chi connectivity index (χ3v) is 3.85. The maximum absolute atomic E-state index is 13.9. The minimum Gasteiger partial charge on any atom is -0.367 e. The molecule has 1 aliphatic rings. The molecule has 1 aliphatic heterocycles. The molecule has 1 aromatic carbocycles. The normalized spacial score (nSPS) is 15.8. The van der Waals surface area contributed by atoms with Crippen LogP contribution >= 0.6 is 0 Å². The van der Waals surface area contributed by atoms with Crippen molar-refractivity contribution in [1.29, 1.82) is 0 Å². The van der Waals surface area contributed by atoms with Gasteiger partial charge in [-0.15, -0.1) is 0 Å². The van der Waals surface area contributed by atoms with Crippen LogP contribution in [0.15, 0.2) is 30.5 Å². The molecular formula is C16H18F2N4. The highest BCUT2D eigenvalue weighted by atomic mass is 19.2. The largest absolute Gasteiger partial charge is 0.367 e. The molecule has 0 amide bonds. The Morgan fingerprint density at radius 1 is 1.00 bits per heavy atom. The molecule has 2 aromatic rings. The molecule has 0 bridgehead atoms. The van der Waals surface area contributed by atoms with Crippen molar-refractivity contribution in [3.63, 3.8) is 0 Å². The molecule has 1 aromatic heterocycles. The van der Waals surface area contributed by atoms with Crippen LogP contribution in [0.25, 0.3) is 0 Å². The van der Waals surface area contributed by atoms with Gasteiger partial charge in [0.2, 0.25) is 0 Å². The van der Waals surface area contributed by atoms with E-state index in [9.17, 15) is 8.78 Å². The van der Waals surface area contributed by atoms with Crippen molar-refractivity contribution in [3.8, 4) is 0 Å². The van der Waals surface area contributed by atoms with E-state index in [2.05, 4.69) is 14.9 Å². The summed E-state index contributed by atoms with van der Waals surface area (Å²) < 4.78 is 27.3. The van der Waals surface area contributed by atoms with Crippen LogP contribution in [0.4, 0.5) is 20.3 Å². The summed E-state index contributed by atoms with van der Waals surface area (Å²) >= 11 is 0. The van der Waals surface area contributed by atoms with Gasteiger partial charge >= 0.3 is 0 Å². The number of anilines is 2. The van der Waals surface area contributed by atoms with E-state index in [1.165, 1.54) is 0 Å². The zero-order chi connectivity index (χ0) is 15.5. The van der Waals surface area contributed by atoms with Gasteiger partial charge in [-0.1, -0.05) is 6.07 Å². The first-order valence-corrected chi connectivity index (χ1v) is 7.39. The van der Waals surface area contributed by atoms with E-state index in [0.717, 1.165) is 30.7 Å². The van der Waals surface area contributed by atoms with Crippen LogP contribution in [0.1, 0.15) is 12.2 Å². The lowest BCUT2D eigenvalue weighted by Gasteiger charge is -2.24. The Kier molecular flexibility index (Phi) is 4.18. The predicted octanol–water partition coefficient (Wildman–Crippen LogP) is 2.78. The van der Waals surface area contributed by atoms with E-state index in [-0.39, 0.29) is 0 Å². The molecule has 0 N–H and O–H groups in total. The first-order valence-electron chi connectivity index (χ1n) is 7.39. The Labute approximate surface area is 128 Å². The number of aromatic nitrogens is 2. The SMILES string of the molecule is Cc1nccc(N2CCCN(c3cccc(F)c3F)CC2)n1. The highest BCUT2D eigenvalue weighted by Gasteiger charge is 2.19. The second-order valence-electron chi connectivity index (χ2n) is 5.36. The van der Waals surface area contributed by atoms with E-state index < -0.39 is 11.6 Å². The smallest absolute Gasteiger partial charge is 0.182 e. The van der Waals surface area contributed by atoms with Crippen LogP contribution in [0.5, 0.6) is 0 Å². The summed E-state index contributed by atoms with van der Waals surface area (Å²) in [6.07, 6.45) is 2.60. The van der Waals surface area contributed by atoms with Gasteiger partial charge in [-0.2, -0.15) is 0 Å². The van der Waals surface area contributed by atoms with E-state index >= 15 is 0 Å². The fraction of sp³-hybridized carbons (Fsp3) is 0.375. The molecule has 6 heteroatoms. The van der Waals surface area contributed by atoms with Crippen LogP contribution < -0.4 is 9.80 Å². The Bertz CT molecular complexity index is 662. The van der Waals surface area contributed by atoms with Crippen LogP contribution in [0.3, 0.4) is 0 Å². The van der Waals surface area contributed by atoms with E-state index in [4.69, 9.17) is 0 Å². The van der Waals surface area contributed by atoms with Crippen LogP contribution in [-0.4, -0.2) is 36.1 Å². The van der Waals surface area contributed by atoms with Gasteiger partial charge < -0.3 is 9.80 Å². The topological polar surface area (TPSA) is 32.3 Å². The summed E-state index contributed by atoms with van der Waals surface area (Å²) in [5.41, 5.74) is 0.334. The van der Waals surface area contributed by atoms with Gasteiger partial charge in [0, 0.05) is 32.4 Å². The van der Waals surface area contributed by atoms with E-state index in [1.54, 1.807) is 18.3 Å². The highest BCUT2D eigenvalue weighted by Crippen LogP contribution is 2.23. The summed E-state index contributed by atoms with van der Waals surface area (Å²) in [7, 11) is 0. The molecule has 22 heavy (non-hydrogen) atoms. The van der Waals surface area contributed by atoms with E-state index in [0.29, 0.717) is 25.3 Å². The van der Waals surface area contributed by atoms with Gasteiger partial charge in [0.1, 0.15) is 11.6 Å². The van der Waals surface area contributed by atoms with Crippen molar-refractivity contribution in [1.82, 2.24) is 9.97 Å². The molecule has 0 spiro atoms. The van der Waals surface area contributed by atoms with Gasteiger partial charge in [0.25, 0.3) is 0 Å². The second-order valence-corrected chi connectivity index (χ2v) is 5.36. The number of nitrogens with zero attached hydrogens (tertiary/aromatic N) is 4. The quantitative estimate of drug-likeness (QED) is 0.854. The van der Waals surface area contributed by atoms with Gasteiger partial charge in [-0.05, 0) is 31.5 Å². The Hall–Kier alpha value is -2.24. The van der Waals surface area contributed by atoms with Gasteiger partial charge in [0.05, 0.1) is 5.69 Å². The number of benzene rings is 1. The molecule has 0 unspecified atom stereocenters. The van der Waals surface area contributed by atoms with Crippen molar-refractivity contribution in [2.24, 2.45) is 0 Å². The maximum atomic E-state index is 13.9. The molecular weight excluding hydrogens is 286 g/mol. The predicted molar refractivity (Wildman–Crippen MR) is 82.2 cm³/mol. The summed E-state index contributed by atoms with van der Waals surface area (Å²) in [5.74, 6) is 0.0442. The zero-order valence-corrected chi connectivity index (χ0v) is 12.5. The van der Waals surface area contributed by atoms with Gasteiger partial charge in [0.15, 0.2) is 11.6 Å². The zero-order valence-electron chi connectivity index (χ0n) is 12.5. The lowest BCUT2D eigenvalue weighted by Crippen LogP contribution is -2.31. The molecule has 0 atom stereocenters. The minimum atomic E-state index is -0.801. The lowest BCUT2D eigenvalue weighted by atomic mass is 10.2. The first-order chi connectivity index (χ1) is 10.6. The summed E-state index contributed by atoms with van der Waals surface area (Å²) in [4.78, 5) is 12.6. The molecule has 0 saturated carbocycles. The third kappa shape index (κ3) is 3.00. The van der Waals surface area contributed by atoms with Crippen LogP contribution in [-0.2, 0) is 0 Å². The number of hydrogen-bond acceptors (Lipinski definition) is 4. The fourth-order valence-electron chi connectivity index (χ4n) is 2.74. The molecule has 2 heterocycles. The van der Waals surface area contributed by atoms with Crippen molar-refractivity contribution in [3.05, 3.63) is 47.9 Å². The number of halogens is 2. The fourth-order valence-corrected chi connectivity index (χ4v) is 2.74. The van der Waals surface area contributed by atoms with Crippen molar-refractivity contribution >= 4 is 11.5 Å². The summed E-state index contributed by atoms with van der Waals surface area (Å²) in [5, 5.41) is 0.